The maximum Gasteiger partial charge on any atom is 0.125 e. The highest BCUT2D eigenvalue weighted by molar-refractivity contribution is 5.29. The summed E-state index contributed by atoms with van der Waals surface area (Å²) in [6.45, 7) is 0. The third-order valence-corrected chi connectivity index (χ3v) is 1.43. The summed E-state index contributed by atoms with van der Waals surface area (Å²) in [7, 11) is 0. The predicted octanol–water partition coefficient (Wildman–Crippen LogP) is 1.21. The molecule has 1 aromatic carbocycles. The lowest BCUT2D eigenvalue weighted by Gasteiger charge is -1.97. The van der Waals surface area contributed by atoms with E-state index in [0.29, 0.717) is 5.69 Å². The summed E-state index contributed by atoms with van der Waals surface area (Å²) >= 11 is 0. The van der Waals surface area contributed by atoms with Crippen LogP contribution in [-0.4, -0.2) is 15.0 Å². The third-order valence-electron chi connectivity index (χ3n) is 1.43. The van der Waals surface area contributed by atoms with Crippen molar-refractivity contribution in [2.45, 2.75) is 0 Å². The second-order valence-corrected chi connectivity index (χ2v) is 2.25. The molecule has 0 aliphatic heterocycles. The molecule has 1 radical (unpaired) electrons. The van der Waals surface area contributed by atoms with Gasteiger partial charge in [-0.2, -0.15) is 0 Å². The second-order valence-electron chi connectivity index (χ2n) is 2.25. The molecular formula is C8H5FN3. The van der Waals surface area contributed by atoms with E-state index in [0.717, 1.165) is 0 Å². The Morgan fingerprint density at radius 1 is 1.42 bits per heavy atom. The molecule has 1 heterocycles. The number of benzene rings is 1. The zero-order valence-corrected chi connectivity index (χ0v) is 6.11. The summed E-state index contributed by atoms with van der Waals surface area (Å²) in [6, 6.07) is 6.08. The Bertz CT molecular complexity index is 370. The van der Waals surface area contributed by atoms with Gasteiger partial charge in [-0.3, -0.25) is 0 Å². The molecule has 0 atom stereocenters. The van der Waals surface area contributed by atoms with Gasteiger partial charge in [0.1, 0.15) is 12.0 Å². The van der Waals surface area contributed by atoms with Gasteiger partial charge in [-0.25, -0.2) is 9.07 Å². The summed E-state index contributed by atoms with van der Waals surface area (Å²) < 4.78 is 14.1. The van der Waals surface area contributed by atoms with Gasteiger partial charge in [0.05, 0.1) is 11.9 Å². The highest BCUT2D eigenvalue weighted by atomic mass is 19.1. The van der Waals surface area contributed by atoms with Crippen molar-refractivity contribution in [1.29, 1.82) is 0 Å². The Labute approximate surface area is 68.4 Å². The molecule has 2 rings (SSSR count). The van der Waals surface area contributed by atoms with Crippen molar-refractivity contribution < 1.29 is 4.39 Å². The number of aromatic nitrogens is 3. The van der Waals surface area contributed by atoms with Crippen molar-refractivity contribution in [3.05, 3.63) is 42.5 Å². The van der Waals surface area contributed by atoms with Crippen LogP contribution in [0.1, 0.15) is 0 Å². The summed E-state index contributed by atoms with van der Waals surface area (Å²) in [4.78, 5) is 0. The van der Waals surface area contributed by atoms with E-state index < -0.39 is 0 Å². The monoisotopic (exact) mass is 162 g/mol. The van der Waals surface area contributed by atoms with Crippen LogP contribution in [0.15, 0.2) is 30.5 Å². The van der Waals surface area contributed by atoms with Crippen LogP contribution >= 0.6 is 0 Å². The minimum absolute atomic E-state index is 0.295. The molecule has 0 aliphatic rings. The van der Waals surface area contributed by atoms with Gasteiger partial charge in [0.25, 0.3) is 0 Å². The molecule has 0 aliphatic carbocycles. The molecule has 0 fully saturated rings. The summed E-state index contributed by atoms with van der Waals surface area (Å²) in [5.74, 6) is -0.295. The fourth-order valence-corrected chi connectivity index (χ4v) is 0.918. The summed E-state index contributed by atoms with van der Waals surface area (Å²) in [6.07, 6.45) is 4.13. The standard InChI is InChI=1S/C8H5FN3/c9-7-2-1-3-8(6-7)12-5-4-10-11-12/h1-4,6H. The van der Waals surface area contributed by atoms with Gasteiger partial charge < -0.3 is 0 Å². The van der Waals surface area contributed by atoms with E-state index in [9.17, 15) is 4.39 Å². The van der Waals surface area contributed by atoms with Crippen LogP contribution in [-0.2, 0) is 0 Å². The average molecular weight is 162 g/mol. The number of rotatable bonds is 1. The first-order valence-electron chi connectivity index (χ1n) is 3.40. The van der Waals surface area contributed by atoms with E-state index in [4.69, 9.17) is 0 Å². The molecule has 2 aromatic rings. The Morgan fingerprint density at radius 3 is 3.00 bits per heavy atom. The van der Waals surface area contributed by atoms with E-state index in [1.807, 2.05) is 0 Å². The first-order valence-corrected chi connectivity index (χ1v) is 3.40. The van der Waals surface area contributed by atoms with Gasteiger partial charge in [0.15, 0.2) is 0 Å². The smallest absolute Gasteiger partial charge is 0.125 e. The van der Waals surface area contributed by atoms with Crippen molar-refractivity contribution in [3.63, 3.8) is 0 Å². The van der Waals surface area contributed by atoms with Crippen LogP contribution < -0.4 is 0 Å². The van der Waals surface area contributed by atoms with Crippen LogP contribution in [0, 0.1) is 12.0 Å². The molecular weight excluding hydrogens is 157 g/mol. The maximum atomic E-state index is 12.7. The predicted molar refractivity (Wildman–Crippen MR) is 40.2 cm³/mol. The molecule has 1 aromatic heterocycles. The van der Waals surface area contributed by atoms with Crippen LogP contribution in [0.25, 0.3) is 5.69 Å². The molecule has 0 bridgehead atoms. The largest absolute Gasteiger partial charge is 0.211 e. The molecule has 0 spiro atoms. The van der Waals surface area contributed by atoms with Gasteiger partial charge in [-0.1, -0.05) is 11.3 Å². The Morgan fingerprint density at radius 2 is 2.33 bits per heavy atom. The van der Waals surface area contributed by atoms with E-state index in [2.05, 4.69) is 16.5 Å². The van der Waals surface area contributed by atoms with Crippen molar-refractivity contribution in [3.8, 4) is 5.69 Å². The van der Waals surface area contributed by atoms with Crippen molar-refractivity contribution in [2.75, 3.05) is 0 Å². The average Bonchev–Trinajstić information content (AvgIpc) is 2.56. The van der Waals surface area contributed by atoms with Gasteiger partial charge in [0.2, 0.25) is 0 Å². The maximum absolute atomic E-state index is 12.7. The lowest BCUT2D eigenvalue weighted by molar-refractivity contribution is 0.624. The first-order chi connectivity index (χ1) is 5.86. The minimum atomic E-state index is -0.295. The highest BCUT2D eigenvalue weighted by Crippen LogP contribution is 2.06. The van der Waals surface area contributed by atoms with Crippen molar-refractivity contribution >= 4 is 0 Å². The van der Waals surface area contributed by atoms with Crippen LogP contribution in [0.2, 0.25) is 0 Å². The van der Waals surface area contributed by atoms with Gasteiger partial charge in [0, 0.05) is 0 Å². The molecule has 0 saturated carbocycles. The normalized spacial score (nSPS) is 10.1. The Balaban J connectivity index is 2.48. The number of hydrogen-bond donors (Lipinski definition) is 0. The molecule has 4 heteroatoms. The number of nitrogens with zero attached hydrogens (tertiary/aromatic N) is 3. The second kappa shape index (κ2) is 2.73. The topological polar surface area (TPSA) is 30.7 Å². The van der Waals surface area contributed by atoms with Crippen LogP contribution in [0.5, 0.6) is 0 Å². The van der Waals surface area contributed by atoms with Crippen LogP contribution in [0.3, 0.4) is 0 Å². The SMILES string of the molecule is Fc1cccc(-n2[c]cnn2)c1. The molecule has 0 saturated heterocycles. The highest BCUT2D eigenvalue weighted by Gasteiger charge is 1.97. The zero-order chi connectivity index (χ0) is 8.39. The quantitative estimate of drug-likeness (QED) is 0.630. The molecule has 0 amide bonds. The number of hydrogen-bond acceptors (Lipinski definition) is 2. The van der Waals surface area contributed by atoms with Crippen molar-refractivity contribution in [2.24, 2.45) is 0 Å². The van der Waals surface area contributed by atoms with E-state index >= 15 is 0 Å². The Hall–Kier alpha value is -1.71. The van der Waals surface area contributed by atoms with E-state index in [1.54, 1.807) is 12.1 Å². The molecule has 0 unspecified atom stereocenters. The zero-order valence-electron chi connectivity index (χ0n) is 6.11. The molecule has 3 nitrogen and oxygen atoms in total. The van der Waals surface area contributed by atoms with Gasteiger partial charge >= 0.3 is 0 Å². The number of halogens is 1. The minimum Gasteiger partial charge on any atom is -0.211 e. The lowest BCUT2D eigenvalue weighted by Crippen LogP contribution is -1.95. The van der Waals surface area contributed by atoms with Crippen molar-refractivity contribution in [1.82, 2.24) is 15.0 Å². The molecule has 12 heavy (non-hydrogen) atoms. The summed E-state index contributed by atoms with van der Waals surface area (Å²) in [5.41, 5.74) is 0.618. The third kappa shape index (κ3) is 1.18. The van der Waals surface area contributed by atoms with E-state index in [1.165, 1.54) is 23.0 Å². The fourth-order valence-electron chi connectivity index (χ4n) is 0.918. The molecule has 0 N–H and O–H groups in total. The van der Waals surface area contributed by atoms with E-state index in [-0.39, 0.29) is 5.82 Å². The first kappa shape index (κ1) is 6.97. The lowest BCUT2D eigenvalue weighted by atomic mass is 10.3. The molecule has 59 valence electrons. The van der Waals surface area contributed by atoms with Gasteiger partial charge in [-0.15, -0.1) is 5.10 Å². The fraction of sp³-hybridized carbons (Fsp3) is 0. The van der Waals surface area contributed by atoms with Crippen LogP contribution in [0.4, 0.5) is 4.39 Å². The van der Waals surface area contributed by atoms with Gasteiger partial charge in [-0.05, 0) is 18.2 Å². The summed E-state index contributed by atoms with van der Waals surface area (Å²) in [5, 5.41) is 7.24. The Kier molecular flexibility index (Phi) is 1.59.